The Balaban J connectivity index is 1.39. The van der Waals surface area contributed by atoms with Gasteiger partial charge in [-0.05, 0) is 79.1 Å². The lowest BCUT2D eigenvalue weighted by atomic mass is 10.1. The summed E-state index contributed by atoms with van der Waals surface area (Å²) in [7, 11) is -3.89. The van der Waals surface area contributed by atoms with Crippen molar-refractivity contribution in [3.63, 3.8) is 0 Å². The minimum absolute atomic E-state index is 0.0159. The van der Waals surface area contributed by atoms with Crippen molar-refractivity contribution in [1.29, 1.82) is 0 Å². The molecular formula is C31H26FN5O3S. The number of nitrogens with zero attached hydrogens (tertiary/aromatic N) is 3. The summed E-state index contributed by atoms with van der Waals surface area (Å²) in [6.45, 7) is 0.435. The minimum atomic E-state index is -3.89. The summed E-state index contributed by atoms with van der Waals surface area (Å²) in [5.41, 5.74) is 3.17. The first kappa shape index (κ1) is 27.6. The van der Waals surface area contributed by atoms with E-state index >= 15 is 0 Å². The molecule has 10 heteroatoms. The summed E-state index contributed by atoms with van der Waals surface area (Å²) in [6, 6.07) is 20.9. The molecule has 41 heavy (non-hydrogen) atoms. The molecule has 5 rings (SSSR count). The van der Waals surface area contributed by atoms with E-state index in [2.05, 4.69) is 32.5 Å². The van der Waals surface area contributed by atoms with Crippen molar-refractivity contribution in [2.24, 2.45) is 0 Å². The van der Waals surface area contributed by atoms with E-state index in [0.29, 0.717) is 24.2 Å². The van der Waals surface area contributed by atoms with Crippen LogP contribution < -0.4 is 5.32 Å². The Hall–Kier alpha value is -5.01. The second kappa shape index (κ2) is 12.4. The average molecular weight is 568 g/mol. The van der Waals surface area contributed by atoms with Crippen LogP contribution in [-0.4, -0.2) is 40.8 Å². The fourth-order valence-electron chi connectivity index (χ4n) is 4.16. The highest BCUT2D eigenvalue weighted by Gasteiger charge is 2.22. The van der Waals surface area contributed by atoms with Gasteiger partial charge in [-0.1, -0.05) is 30.0 Å². The molecule has 0 unspecified atom stereocenters. The van der Waals surface area contributed by atoms with E-state index < -0.39 is 15.7 Å². The van der Waals surface area contributed by atoms with Crippen molar-refractivity contribution in [1.82, 2.24) is 25.3 Å². The average Bonchev–Trinajstić information content (AvgIpc) is 3.67. The van der Waals surface area contributed by atoms with E-state index in [-0.39, 0.29) is 27.7 Å². The number of H-pyrrole nitrogens is 1. The number of amides is 1. The molecular weight excluding hydrogens is 541 g/mol. The second-order valence-electron chi connectivity index (χ2n) is 9.28. The Morgan fingerprint density at radius 1 is 1.00 bits per heavy atom. The lowest BCUT2D eigenvalue weighted by Gasteiger charge is -2.10. The molecule has 5 aromatic rings. The summed E-state index contributed by atoms with van der Waals surface area (Å²) in [5, 5.41) is 14.0. The molecule has 0 aliphatic carbocycles. The summed E-state index contributed by atoms with van der Waals surface area (Å²) >= 11 is 0. The van der Waals surface area contributed by atoms with Crippen LogP contribution in [0.25, 0.3) is 5.69 Å². The van der Waals surface area contributed by atoms with Crippen LogP contribution >= 0.6 is 0 Å². The lowest BCUT2D eigenvalue weighted by Crippen LogP contribution is -2.25. The van der Waals surface area contributed by atoms with Crippen LogP contribution in [0.5, 0.6) is 0 Å². The molecule has 0 aliphatic rings. The quantitative estimate of drug-likeness (QED) is 0.202. The van der Waals surface area contributed by atoms with E-state index in [0.717, 1.165) is 17.7 Å². The van der Waals surface area contributed by atoms with Gasteiger partial charge in [-0.15, -0.1) is 0 Å². The van der Waals surface area contributed by atoms with Gasteiger partial charge in [-0.25, -0.2) is 17.5 Å². The predicted octanol–water partition coefficient (Wildman–Crippen LogP) is 4.47. The van der Waals surface area contributed by atoms with Gasteiger partial charge in [0.1, 0.15) is 5.82 Å². The normalized spacial score (nSPS) is 11.0. The molecule has 0 saturated heterocycles. The third-order valence-electron chi connectivity index (χ3n) is 6.25. The first-order valence-corrected chi connectivity index (χ1v) is 14.5. The van der Waals surface area contributed by atoms with E-state index in [1.54, 1.807) is 29.3 Å². The topological polar surface area (TPSA) is 110 Å². The third kappa shape index (κ3) is 7.15. The smallest absolute Gasteiger partial charge is 0.251 e. The van der Waals surface area contributed by atoms with Gasteiger partial charge in [0.25, 0.3) is 5.91 Å². The fourth-order valence-corrected chi connectivity index (χ4v) is 5.58. The molecule has 0 radical (unpaired) electrons. The number of rotatable bonds is 9. The predicted molar refractivity (Wildman–Crippen MR) is 153 cm³/mol. The Labute approximate surface area is 237 Å². The van der Waals surface area contributed by atoms with Crippen LogP contribution in [0.4, 0.5) is 4.39 Å². The largest absolute Gasteiger partial charge is 0.352 e. The van der Waals surface area contributed by atoms with Gasteiger partial charge in [0.2, 0.25) is 0 Å². The fraction of sp³-hybridized carbons (Fsp3) is 0.129. The number of carbonyl (C=O) groups excluding carboxylic acids is 1. The number of aromatic nitrogens is 4. The molecule has 1 amide bonds. The number of halogens is 1. The lowest BCUT2D eigenvalue weighted by molar-refractivity contribution is 0.0953. The van der Waals surface area contributed by atoms with Gasteiger partial charge in [-0.3, -0.25) is 9.89 Å². The van der Waals surface area contributed by atoms with Gasteiger partial charge in [0.05, 0.1) is 28.2 Å². The summed E-state index contributed by atoms with van der Waals surface area (Å²) in [6.07, 6.45) is 6.71. The molecule has 0 bridgehead atoms. The molecule has 3 aromatic carbocycles. The summed E-state index contributed by atoms with van der Waals surface area (Å²) < 4.78 is 42.1. The number of sulfone groups is 1. The van der Waals surface area contributed by atoms with E-state index in [1.165, 1.54) is 42.5 Å². The number of carbonyl (C=O) groups is 1. The first-order valence-electron chi connectivity index (χ1n) is 12.9. The summed E-state index contributed by atoms with van der Waals surface area (Å²) in [5.74, 6) is 4.68. The molecule has 0 aliphatic heterocycles. The molecule has 0 spiro atoms. The molecule has 0 saturated carbocycles. The minimum Gasteiger partial charge on any atom is -0.352 e. The first-order chi connectivity index (χ1) is 19.9. The van der Waals surface area contributed by atoms with Crippen molar-refractivity contribution in [3.8, 4) is 17.5 Å². The van der Waals surface area contributed by atoms with Gasteiger partial charge < -0.3 is 5.32 Å². The molecule has 2 aromatic heterocycles. The van der Waals surface area contributed by atoms with E-state index in [9.17, 15) is 17.6 Å². The highest BCUT2D eigenvalue weighted by Crippen LogP contribution is 2.22. The Bertz CT molecular complexity index is 1810. The maximum absolute atomic E-state index is 13.6. The second-order valence-corrected chi connectivity index (χ2v) is 11.2. The van der Waals surface area contributed by atoms with Crippen LogP contribution in [-0.2, 0) is 22.0 Å². The number of para-hydroxylation sites is 1. The molecule has 0 fully saturated rings. The van der Waals surface area contributed by atoms with Gasteiger partial charge in [0, 0.05) is 35.6 Å². The molecule has 206 valence electrons. The van der Waals surface area contributed by atoms with E-state index in [4.69, 9.17) is 0 Å². The third-order valence-corrected chi connectivity index (χ3v) is 7.95. The van der Waals surface area contributed by atoms with Crippen LogP contribution in [0.2, 0.25) is 0 Å². The zero-order chi connectivity index (χ0) is 28.7. The number of benzene rings is 3. The van der Waals surface area contributed by atoms with Crippen molar-refractivity contribution in [3.05, 3.63) is 131 Å². The monoisotopic (exact) mass is 567 g/mol. The Morgan fingerprint density at radius 2 is 1.80 bits per heavy atom. The van der Waals surface area contributed by atoms with Crippen LogP contribution in [0.3, 0.4) is 0 Å². The number of hydrogen-bond donors (Lipinski definition) is 2. The van der Waals surface area contributed by atoms with Crippen molar-refractivity contribution in [2.75, 3.05) is 6.54 Å². The Morgan fingerprint density at radius 3 is 2.56 bits per heavy atom. The number of nitrogens with one attached hydrogen (secondary N) is 2. The van der Waals surface area contributed by atoms with Crippen molar-refractivity contribution in [2.45, 2.75) is 23.5 Å². The maximum atomic E-state index is 13.6. The van der Waals surface area contributed by atoms with Crippen molar-refractivity contribution < 1.29 is 17.6 Å². The van der Waals surface area contributed by atoms with Crippen LogP contribution in [0.15, 0.2) is 102 Å². The zero-order valence-corrected chi connectivity index (χ0v) is 22.7. The molecule has 2 heterocycles. The van der Waals surface area contributed by atoms with Crippen LogP contribution in [0.1, 0.15) is 39.2 Å². The SMILES string of the molecule is O=C(NCCCc1cn[nH]c1)c1ccc(S(=O)(=O)Cc2ccn(-c3ccccc3)n2)c(C#Cc2ccc(F)cc2)c1. The molecule has 0 atom stereocenters. The Kier molecular flexibility index (Phi) is 8.36. The highest BCUT2D eigenvalue weighted by molar-refractivity contribution is 7.90. The molecule has 2 N–H and O–H groups in total. The summed E-state index contributed by atoms with van der Waals surface area (Å²) in [4.78, 5) is 12.9. The highest BCUT2D eigenvalue weighted by atomic mass is 32.2. The van der Waals surface area contributed by atoms with Gasteiger partial charge in [0.15, 0.2) is 9.84 Å². The van der Waals surface area contributed by atoms with Crippen LogP contribution in [0, 0.1) is 17.7 Å². The van der Waals surface area contributed by atoms with Gasteiger partial charge >= 0.3 is 0 Å². The number of aryl methyl sites for hydroxylation is 1. The van der Waals surface area contributed by atoms with Gasteiger partial charge in [-0.2, -0.15) is 10.2 Å². The van der Waals surface area contributed by atoms with Crippen molar-refractivity contribution >= 4 is 15.7 Å². The zero-order valence-electron chi connectivity index (χ0n) is 21.9. The van der Waals surface area contributed by atoms with E-state index in [1.807, 2.05) is 30.3 Å². The number of aromatic amines is 1. The maximum Gasteiger partial charge on any atom is 0.251 e. The molecule has 8 nitrogen and oxygen atoms in total. The standard InChI is InChI=1S/C31H26FN5O3S/c32-27-13-9-23(10-14-27)8-11-25-19-26(31(38)33-17-4-5-24-20-34-35-21-24)12-15-30(25)41(39,40)22-28-16-18-37(36-28)29-6-2-1-3-7-29/h1-3,6-7,9-10,12-16,18-21H,4-5,17,22H2,(H,33,38)(H,34,35). The number of hydrogen-bond acceptors (Lipinski definition) is 5.